The number of nitrogens with one attached hydrogen (secondary N) is 1. The van der Waals surface area contributed by atoms with Crippen LogP contribution in [0.15, 0.2) is 51.3 Å². The minimum atomic E-state index is -1.17. The Labute approximate surface area is 299 Å². The first-order valence-corrected chi connectivity index (χ1v) is 18.3. The number of pyridine rings is 1. The number of aliphatic hydroxyl groups excluding tert-OH is 1. The van der Waals surface area contributed by atoms with Gasteiger partial charge in [0, 0.05) is 79.2 Å². The van der Waals surface area contributed by atoms with Gasteiger partial charge in [0.2, 0.25) is 5.91 Å². The number of aliphatic hydroxyl groups is 1. The van der Waals surface area contributed by atoms with Gasteiger partial charge in [-0.15, -0.1) is 0 Å². The van der Waals surface area contributed by atoms with Gasteiger partial charge in [-0.1, -0.05) is 25.3 Å². The summed E-state index contributed by atoms with van der Waals surface area (Å²) < 4.78 is 19.1. The SMILES string of the molecule is CC=C(C)C(=O)OC(C)(C)C1(Cc2cc(N)ncc2CC(=O)N2CC(CNC)C2)Cc2cc3cc(C4(CCO)CCCCC4)c(=O)oc3cc2O1. The Kier molecular flexibility index (Phi) is 10.3. The van der Waals surface area contributed by atoms with Crippen LogP contribution in [0.1, 0.15) is 88.5 Å². The lowest BCUT2D eigenvalue weighted by molar-refractivity contribution is -0.174. The predicted molar refractivity (Wildman–Crippen MR) is 196 cm³/mol. The number of allylic oxidation sites excluding steroid dienone is 1. The minimum absolute atomic E-state index is 0.000510. The number of hydrogen-bond donors (Lipinski definition) is 3. The van der Waals surface area contributed by atoms with E-state index in [9.17, 15) is 19.5 Å². The maximum atomic E-state index is 13.5. The number of carbonyl (C=O) groups excluding carboxylic acids is 2. The maximum absolute atomic E-state index is 13.5. The quantitative estimate of drug-likeness (QED) is 0.137. The van der Waals surface area contributed by atoms with Gasteiger partial charge in [-0.25, -0.2) is 14.6 Å². The number of esters is 1. The molecule has 11 heteroatoms. The molecule has 6 rings (SSSR count). The van der Waals surface area contributed by atoms with Crippen molar-refractivity contribution in [2.75, 3.05) is 39.0 Å². The molecular weight excluding hydrogens is 648 g/mol. The fraction of sp³-hybridized carbons (Fsp3) is 0.550. The number of nitrogen functional groups attached to an aromatic ring is 1. The van der Waals surface area contributed by atoms with Crippen LogP contribution in [0.5, 0.6) is 5.75 Å². The van der Waals surface area contributed by atoms with Gasteiger partial charge in [0.1, 0.15) is 22.8 Å². The molecule has 1 saturated carbocycles. The predicted octanol–water partition coefficient (Wildman–Crippen LogP) is 4.78. The largest absolute Gasteiger partial charge is 0.482 e. The molecule has 4 heterocycles. The molecule has 1 amide bonds. The third kappa shape index (κ3) is 7.15. The molecule has 1 unspecified atom stereocenters. The van der Waals surface area contributed by atoms with E-state index in [-0.39, 0.29) is 31.0 Å². The standard InChI is InChI=1S/C40H52N4O7/c1-6-25(2)36(47)51-38(3,4)40(19-28-16-34(41)43-22-30(28)17-35(46)44-23-26(24-44)21-42-5)20-29-14-27-15-31(37(48)49-32(27)18-33(29)50-40)39(12-13-45)10-8-7-9-11-39/h6,14-16,18,22,26,42,45H,7-13,17,19-21,23-24H2,1-5H3,(H2,41,43). The first kappa shape index (κ1) is 36.6. The molecule has 0 spiro atoms. The highest BCUT2D eigenvalue weighted by molar-refractivity contribution is 5.88. The fourth-order valence-electron chi connectivity index (χ4n) is 8.26. The molecule has 0 bridgehead atoms. The number of ether oxygens (including phenoxy) is 2. The third-order valence-electron chi connectivity index (χ3n) is 11.6. The van der Waals surface area contributed by atoms with Crippen molar-refractivity contribution in [3.8, 4) is 5.75 Å². The first-order valence-electron chi connectivity index (χ1n) is 18.3. The normalized spacial score (nSPS) is 20.5. The zero-order chi connectivity index (χ0) is 36.6. The minimum Gasteiger partial charge on any atom is -0.482 e. The van der Waals surface area contributed by atoms with Crippen molar-refractivity contribution in [2.24, 2.45) is 5.92 Å². The number of benzene rings is 1. The van der Waals surface area contributed by atoms with Crippen LogP contribution in [-0.2, 0) is 39.0 Å². The maximum Gasteiger partial charge on any atom is 0.340 e. The summed E-state index contributed by atoms with van der Waals surface area (Å²) in [4.78, 5) is 46.4. The average molecular weight is 701 g/mol. The number of fused-ring (bicyclic) bond motifs is 2. The van der Waals surface area contributed by atoms with Crippen LogP contribution in [0.3, 0.4) is 0 Å². The number of anilines is 1. The number of carbonyl (C=O) groups is 2. The van der Waals surface area contributed by atoms with Crippen molar-refractivity contribution in [3.63, 3.8) is 0 Å². The van der Waals surface area contributed by atoms with Crippen LogP contribution < -0.4 is 21.4 Å². The van der Waals surface area contributed by atoms with Crippen molar-refractivity contribution in [2.45, 2.75) is 102 Å². The Bertz CT molecular complexity index is 1880. The monoisotopic (exact) mass is 700 g/mol. The second-order valence-corrected chi connectivity index (χ2v) is 15.4. The van der Waals surface area contributed by atoms with Gasteiger partial charge in [0.05, 0.1) is 6.42 Å². The Morgan fingerprint density at radius 1 is 1.16 bits per heavy atom. The van der Waals surface area contributed by atoms with Gasteiger partial charge >= 0.3 is 11.6 Å². The van der Waals surface area contributed by atoms with Crippen molar-refractivity contribution in [3.05, 3.63) is 74.8 Å². The lowest BCUT2D eigenvalue weighted by Crippen LogP contribution is -2.58. The van der Waals surface area contributed by atoms with Crippen LogP contribution in [0.4, 0.5) is 5.82 Å². The highest BCUT2D eigenvalue weighted by Crippen LogP contribution is 2.48. The summed E-state index contributed by atoms with van der Waals surface area (Å²) in [5.74, 6) is 0.838. The fourth-order valence-corrected chi connectivity index (χ4v) is 8.26. The molecule has 1 aromatic carbocycles. The molecular formula is C40H52N4O7. The smallest absolute Gasteiger partial charge is 0.340 e. The van der Waals surface area contributed by atoms with Crippen LogP contribution in [0, 0.1) is 5.92 Å². The first-order chi connectivity index (χ1) is 24.3. The zero-order valence-electron chi connectivity index (χ0n) is 30.6. The second-order valence-electron chi connectivity index (χ2n) is 15.4. The molecule has 2 fully saturated rings. The topological polar surface area (TPSA) is 157 Å². The number of amides is 1. The summed E-state index contributed by atoms with van der Waals surface area (Å²) in [6.45, 7) is 9.46. The Morgan fingerprint density at radius 3 is 2.59 bits per heavy atom. The van der Waals surface area contributed by atoms with Gasteiger partial charge in [-0.3, -0.25) is 4.79 Å². The lowest BCUT2D eigenvalue weighted by atomic mass is 9.68. The molecule has 3 aromatic rings. The van der Waals surface area contributed by atoms with Crippen molar-refractivity contribution < 1.29 is 28.6 Å². The van der Waals surface area contributed by atoms with E-state index in [1.807, 2.05) is 37.9 Å². The lowest BCUT2D eigenvalue weighted by Gasteiger charge is -2.43. The number of hydrogen-bond acceptors (Lipinski definition) is 10. The van der Waals surface area contributed by atoms with E-state index >= 15 is 0 Å². The molecule has 11 nitrogen and oxygen atoms in total. The van der Waals surface area contributed by atoms with Gasteiger partial charge in [-0.05, 0) is 88.9 Å². The van der Waals surface area contributed by atoms with Crippen molar-refractivity contribution in [1.29, 1.82) is 0 Å². The van der Waals surface area contributed by atoms with Crippen LogP contribution in [-0.4, -0.2) is 71.4 Å². The average Bonchev–Trinajstić information content (AvgIpc) is 3.44. The molecule has 3 aliphatic rings. The number of nitrogens with two attached hydrogens (primary N) is 1. The Morgan fingerprint density at radius 2 is 1.90 bits per heavy atom. The summed E-state index contributed by atoms with van der Waals surface area (Å²) in [5.41, 5.74) is 7.03. The number of aromatic nitrogens is 1. The molecule has 1 saturated heterocycles. The van der Waals surface area contributed by atoms with Gasteiger partial charge in [0.15, 0.2) is 5.60 Å². The van der Waals surface area contributed by atoms with Crippen molar-refractivity contribution in [1.82, 2.24) is 15.2 Å². The van der Waals surface area contributed by atoms with E-state index < -0.39 is 22.6 Å². The molecule has 274 valence electrons. The molecule has 2 aromatic heterocycles. The molecule has 4 N–H and O–H groups in total. The van der Waals surface area contributed by atoms with E-state index in [1.54, 1.807) is 38.3 Å². The van der Waals surface area contributed by atoms with Crippen LogP contribution >= 0.6 is 0 Å². The highest BCUT2D eigenvalue weighted by Gasteiger charge is 2.54. The number of rotatable bonds is 12. The van der Waals surface area contributed by atoms with E-state index in [4.69, 9.17) is 19.6 Å². The van der Waals surface area contributed by atoms with Gasteiger partial charge < -0.3 is 34.9 Å². The van der Waals surface area contributed by atoms with Crippen LogP contribution in [0.2, 0.25) is 0 Å². The van der Waals surface area contributed by atoms with E-state index in [0.717, 1.165) is 60.7 Å². The van der Waals surface area contributed by atoms with Gasteiger partial charge in [0.25, 0.3) is 0 Å². The summed E-state index contributed by atoms with van der Waals surface area (Å²) in [5, 5.41) is 13.9. The summed E-state index contributed by atoms with van der Waals surface area (Å²) >= 11 is 0. The second kappa shape index (κ2) is 14.4. The summed E-state index contributed by atoms with van der Waals surface area (Å²) in [6, 6.07) is 7.47. The molecule has 51 heavy (non-hydrogen) atoms. The Balaban J connectivity index is 1.38. The van der Waals surface area contributed by atoms with E-state index in [0.29, 0.717) is 60.1 Å². The third-order valence-corrected chi connectivity index (χ3v) is 11.6. The number of likely N-dealkylation sites (tertiary alicyclic amines) is 1. The van der Waals surface area contributed by atoms with Crippen LogP contribution in [0.25, 0.3) is 11.0 Å². The Hall–Kier alpha value is -4.22. The molecule has 2 aliphatic heterocycles. The van der Waals surface area contributed by atoms with Gasteiger partial charge in [-0.2, -0.15) is 0 Å². The number of nitrogens with zero attached hydrogens (tertiary/aromatic N) is 2. The molecule has 1 atom stereocenters. The summed E-state index contributed by atoms with van der Waals surface area (Å²) in [6.07, 6.45) is 9.45. The molecule has 0 radical (unpaired) electrons. The molecule has 1 aliphatic carbocycles. The summed E-state index contributed by atoms with van der Waals surface area (Å²) in [7, 11) is 1.91. The highest BCUT2D eigenvalue weighted by atomic mass is 16.6. The van der Waals surface area contributed by atoms with E-state index in [1.165, 1.54) is 0 Å². The van der Waals surface area contributed by atoms with Crippen molar-refractivity contribution >= 4 is 28.7 Å². The van der Waals surface area contributed by atoms with E-state index in [2.05, 4.69) is 10.3 Å². The zero-order valence-corrected chi connectivity index (χ0v) is 30.6.